The third kappa shape index (κ3) is 2.61. The molecule has 1 aliphatic carbocycles. The lowest BCUT2D eigenvalue weighted by Gasteiger charge is -2.25. The lowest BCUT2D eigenvalue weighted by atomic mass is 9.88. The number of amides is 1. The Kier molecular flexibility index (Phi) is 3.33. The van der Waals surface area contributed by atoms with Crippen molar-refractivity contribution in [1.82, 2.24) is 15.5 Å². The molecule has 0 saturated carbocycles. The van der Waals surface area contributed by atoms with Gasteiger partial charge >= 0.3 is 0 Å². The second kappa shape index (κ2) is 5.28. The number of benzene rings is 1. The Morgan fingerprint density at radius 1 is 1.20 bits per heavy atom. The standard InChI is InChI=1S/C15H15N3O2/c19-14-8-7-13(17-18-14)15(20)16-12-6-5-10-3-1-2-4-11(10)9-12/h1-4,7-8,12H,5-6,9H2,(H,16,20)(H,18,19). The van der Waals surface area contributed by atoms with Crippen LogP contribution in [0.2, 0.25) is 0 Å². The van der Waals surface area contributed by atoms with E-state index in [1.165, 1.54) is 23.3 Å². The molecule has 0 aliphatic heterocycles. The van der Waals surface area contributed by atoms with Gasteiger partial charge in [0.2, 0.25) is 0 Å². The fraction of sp³-hybridized carbons (Fsp3) is 0.267. The van der Waals surface area contributed by atoms with Gasteiger partial charge in [-0.05, 0) is 36.5 Å². The molecule has 20 heavy (non-hydrogen) atoms. The highest BCUT2D eigenvalue weighted by molar-refractivity contribution is 5.92. The van der Waals surface area contributed by atoms with Crippen molar-refractivity contribution in [3.8, 4) is 0 Å². The lowest BCUT2D eigenvalue weighted by molar-refractivity contribution is 0.0927. The number of aryl methyl sites for hydroxylation is 1. The minimum atomic E-state index is -0.312. The summed E-state index contributed by atoms with van der Waals surface area (Å²) in [6.45, 7) is 0. The van der Waals surface area contributed by atoms with Crippen LogP contribution < -0.4 is 10.9 Å². The van der Waals surface area contributed by atoms with Crippen LogP contribution in [-0.4, -0.2) is 22.1 Å². The molecule has 0 bridgehead atoms. The van der Waals surface area contributed by atoms with Gasteiger partial charge in [-0.15, -0.1) is 0 Å². The molecule has 1 unspecified atom stereocenters. The van der Waals surface area contributed by atoms with Gasteiger partial charge in [0.15, 0.2) is 0 Å². The van der Waals surface area contributed by atoms with E-state index in [0.29, 0.717) is 0 Å². The van der Waals surface area contributed by atoms with Crippen molar-refractivity contribution in [2.45, 2.75) is 25.3 Å². The average molecular weight is 269 g/mol. The van der Waals surface area contributed by atoms with Crippen LogP contribution in [0.3, 0.4) is 0 Å². The average Bonchev–Trinajstić information content (AvgIpc) is 2.48. The Bertz CT molecular complexity index is 673. The van der Waals surface area contributed by atoms with Crippen LogP contribution >= 0.6 is 0 Å². The predicted octanol–water partition coefficient (Wildman–Crippen LogP) is 1.06. The zero-order valence-corrected chi connectivity index (χ0v) is 10.9. The maximum atomic E-state index is 12.0. The van der Waals surface area contributed by atoms with E-state index in [1.807, 2.05) is 12.1 Å². The molecule has 1 amide bonds. The molecule has 0 radical (unpaired) electrons. The summed E-state index contributed by atoms with van der Waals surface area (Å²) in [6, 6.07) is 11.2. The van der Waals surface area contributed by atoms with Crippen LogP contribution in [0.25, 0.3) is 0 Å². The Labute approximate surface area is 116 Å². The van der Waals surface area contributed by atoms with Gasteiger partial charge in [0.05, 0.1) is 0 Å². The number of aromatic amines is 1. The van der Waals surface area contributed by atoms with Crippen LogP contribution in [0.5, 0.6) is 0 Å². The normalized spacial score (nSPS) is 17.3. The maximum Gasteiger partial charge on any atom is 0.271 e. The molecule has 1 heterocycles. The monoisotopic (exact) mass is 269 g/mol. The number of H-pyrrole nitrogens is 1. The summed E-state index contributed by atoms with van der Waals surface area (Å²) in [4.78, 5) is 23.0. The second-order valence-corrected chi connectivity index (χ2v) is 4.99. The molecule has 0 spiro atoms. The Hall–Kier alpha value is -2.43. The Morgan fingerprint density at radius 3 is 2.75 bits per heavy atom. The molecular formula is C15H15N3O2. The first kappa shape index (κ1) is 12.6. The quantitative estimate of drug-likeness (QED) is 0.856. The molecule has 0 saturated heterocycles. The van der Waals surface area contributed by atoms with E-state index >= 15 is 0 Å². The topological polar surface area (TPSA) is 74.8 Å². The van der Waals surface area contributed by atoms with Crippen molar-refractivity contribution in [3.05, 3.63) is 63.6 Å². The maximum absolute atomic E-state index is 12.0. The number of hydrogen-bond donors (Lipinski definition) is 2. The third-order valence-electron chi connectivity index (χ3n) is 3.59. The summed E-state index contributed by atoms with van der Waals surface area (Å²) < 4.78 is 0. The van der Waals surface area contributed by atoms with Gasteiger partial charge < -0.3 is 5.32 Å². The smallest absolute Gasteiger partial charge is 0.271 e. The number of rotatable bonds is 2. The molecule has 5 heteroatoms. The minimum absolute atomic E-state index is 0.117. The predicted molar refractivity (Wildman–Crippen MR) is 74.6 cm³/mol. The van der Waals surface area contributed by atoms with E-state index in [4.69, 9.17) is 0 Å². The van der Waals surface area contributed by atoms with Crippen molar-refractivity contribution in [3.63, 3.8) is 0 Å². The number of fused-ring (bicyclic) bond motifs is 1. The first-order valence-electron chi connectivity index (χ1n) is 6.66. The number of nitrogens with zero attached hydrogens (tertiary/aromatic N) is 1. The number of carbonyl (C=O) groups is 1. The van der Waals surface area contributed by atoms with Gasteiger partial charge in [-0.2, -0.15) is 5.10 Å². The van der Waals surface area contributed by atoms with Crippen LogP contribution in [0.4, 0.5) is 0 Å². The second-order valence-electron chi connectivity index (χ2n) is 4.99. The van der Waals surface area contributed by atoms with Gasteiger partial charge in [-0.1, -0.05) is 24.3 Å². The molecule has 102 valence electrons. The van der Waals surface area contributed by atoms with Gasteiger partial charge in [0.25, 0.3) is 11.5 Å². The van der Waals surface area contributed by atoms with Crippen LogP contribution in [0, 0.1) is 0 Å². The molecule has 2 aromatic rings. The van der Waals surface area contributed by atoms with Crippen LogP contribution in [0.15, 0.2) is 41.2 Å². The van der Waals surface area contributed by atoms with E-state index in [2.05, 4.69) is 27.6 Å². The Balaban J connectivity index is 1.69. The largest absolute Gasteiger partial charge is 0.348 e. The zero-order valence-electron chi connectivity index (χ0n) is 10.9. The molecular weight excluding hydrogens is 254 g/mol. The molecule has 1 aromatic heterocycles. The highest BCUT2D eigenvalue weighted by atomic mass is 16.2. The summed E-state index contributed by atoms with van der Waals surface area (Å²) in [5.74, 6) is -0.245. The van der Waals surface area contributed by atoms with Crippen molar-refractivity contribution in [2.75, 3.05) is 0 Å². The van der Waals surface area contributed by atoms with Crippen LogP contribution in [-0.2, 0) is 12.8 Å². The Morgan fingerprint density at radius 2 is 2.00 bits per heavy atom. The first-order valence-corrected chi connectivity index (χ1v) is 6.66. The molecule has 0 fully saturated rings. The lowest BCUT2D eigenvalue weighted by Crippen LogP contribution is -2.39. The van der Waals surface area contributed by atoms with E-state index < -0.39 is 0 Å². The van der Waals surface area contributed by atoms with Crippen molar-refractivity contribution < 1.29 is 4.79 Å². The summed E-state index contributed by atoms with van der Waals surface area (Å²) in [7, 11) is 0. The number of hydrogen-bond acceptors (Lipinski definition) is 3. The van der Waals surface area contributed by atoms with E-state index in [0.717, 1.165) is 19.3 Å². The molecule has 2 N–H and O–H groups in total. The number of carbonyl (C=O) groups excluding carboxylic acids is 1. The minimum Gasteiger partial charge on any atom is -0.348 e. The number of aromatic nitrogens is 2. The van der Waals surface area contributed by atoms with Gasteiger partial charge in [-0.25, -0.2) is 5.10 Å². The molecule has 1 aromatic carbocycles. The summed E-state index contributed by atoms with van der Waals surface area (Å²) in [6.07, 6.45) is 2.73. The fourth-order valence-corrected chi connectivity index (χ4v) is 2.55. The van der Waals surface area contributed by atoms with Crippen molar-refractivity contribution >= 4 is 5.91 Å². The highest BCUT2D eigenvalue weighted by Crippen LogP contribution is 2.21. The fourth-order valence-electron chi connectivity index (χ4n) is 2.55. The van der Waals surface area contributed by atoms with Crippen molar-refractivity contribution in [1.29, 1.82) is 0 Å². The van der Waals surface area contributed by atoms with Crippen molar-refractivity contribution in [2.24, 2.45) is 0 Å². The molecule has 1 aliphatic rings. The molecule has 1 atom stereocenters. The van der Waals surface area contributed by atoms with Gasteiger partial charge in [-0.3, -0.25) is 9.59 Å². The van der Waals surface area contributed by atoms with Gasteiger partial charge in [0, 0.05) is 12.1 Å². The third-order valence-corrected chi connectivity index (χ3v) is 3.59. The van der Waals surface area contributed by atoms with E-state index in [9.17, 15) is 9.59 Å². The molecule has 5 nitrogen and oxygen atoms in total. The van der Waals surface area contributed by atoms with Gasteiger partial charge in [0.1, 0.15) is 5.69 Å². The van der Waals surface area contributed by atoms with E-state index in [1.54, 1.807) is 0 Å². The zero-order chi connectivity index (χ0) is 13.9. The molecule has 3 rings (SSSR count). The SMILES string of the molecule is O=C(NC1CCc2ccccc2C1)c1ccc(=O)[nH]n1. The van der Waals surface area contributed by atoms with E-state index in [-0.39, 0.29) is 23.2 Å². The summed E-state index contributed by atoms with van der Waals surface area (Å²) in [5, 5.41) is 8.98. The highest BCUT2D eigenvalue weighted by Gasteiger charge is 2.20. The summed E-state index contributed by atoms with van der Waals surface area (Å²) in [5.41, 5.74) is 2.58. The summed E-state index contributed by atoms with van der Waals surface area (Å²) >= 11 is 0. The first-order chi connectivity index (χ1) is 9.72. The number of nitrogens with one attached hydrogen (secondary N) is 2. The van der Waals surface area contributed by atoms with Crippen LogP contribution in [0.1, 0.15) is 28.0 Å².